The van der Waals surface area contributed by atoms with Gasteiger partial charge in [-0.2, -0.15) is 5.26 Å². The molecule has 152 valence electrons. The minimum Gasteiger partial charge on any atom is -0.489 e. The number of thiazole rings is 2. The molecular weight excluding hydrogens is 474 g/mol. The maximum absolute atomic E-state index is 11.2. The molecule has 0 spiro atoms. The van der Waals surface area contributed by atoms with Crippen LogP contribution in [0.1, 0.15) is 32.0 Å². The topological polar surface area (TPSA) is 99.9 Å². The van der Waals surface area contributed by atoms with E-state index in [4.69, 9.17) is 4.74 Å². The second-order valence-electron chi connectivity index (χ2n) is 6.27. The van der Waals surface area contributed by atoms with Crippen molar-refractivity contribution in [1.82, 2.24) is 9.97 Å². The number of rotatable bonds is 6. The summed E-state index contributed by atoms with van der Waals surface area (Å²) in [4.78, 5) is 21.1. The van der Waals surface area contributed by atoms with Crippen LogP contribution in [0.25, 0.3) is 10.6 Å². The molecule has 2 N–H and O–H groups in total. The van der Waals surface area contributed by atoms with Gasteiger partial charge in [0.1, 0.15) is 5.75 Å². The number of aromatic nitrogens is 2. The van der Waals surface area contributed by atoms with Crippen LogP contribution in [0, 0.1) is 18.3 Å². The molecule has 3 aromatic rings. The lowest BCUT2D eigenvalue weighted by Gasteiger charge is -2.14. The van der Waals surface area contributed by atoms with Gasteiger partial charge in [-0.25, -0.2) is 9.97 Å². The standard InChI is InChI=1S/C19H19N5O2S2.BrH/c1-10(2)26-16-6-5-13(8-20)7-14(16)23-18-24-15(9-27-18)17-11(3)21-19(28-17)22-12(4)25;/h5-7,9-10H,1-4H3,(H,23,24)(H,21,22,25);1H. The number of benzene rings is 1. The molecule has 10 heteroatoms. The van der Waals surface area contributed by atoms with Gasteiger partial charge in [-0.3, -0.25) is 4.79 Å². The number of hydrogen-bond donors (Lipinski definition) is 2. The van der Waals surface area contributed by atoms with Crippen LogP contribution in [0.2, 0.25) is 0 Å². The number of carbonyl (C=O) groups excluding carboxylic acids is 1. The Morgan fingerprint density at radius 2 is 2.03 bits per heavy atom. The summed E-state index contributed by atoms with van der Waals surface area (Å²) in [6.07, 6.45) is 0.00683. The number of amides is 1. The summed E-state index contributed by atoms with van der Waals surface area (Å²) in [5, 5.41) is 18.3. The number of anilines is 3. The van der Waals surface area contributed by atoms with E-state index >= 15 is 0 Å². The number of nitrogens with zero attached hydrogens (tertiary/aromatic N) is 3. The molecule has 3 rings (SSSR count). The molecule has 0 fully saturated rings. The van der Waals surface area contributed by atoms with Gasteiger partial charge in [-0.05, 0) is 39.0 Å². The molecule has 0 aliphatic carbocycles. The molecule has 0 saturated heterocycles. The van der Waals surface area contributed by atoms with Crippen LogP contribution in [0.15, 0.2) is 23.6 Å². The molecule has 0 radical (unpaired) electrons. The predicted octanol–water partition coefficient (Wildman–Crippen LogP) is 5.51. The molecule has 29 heavy (non-hydrogen) atoms. The average molecular weight is 494 g/mol. The van der Waals surface area contributed by atoms with Crippen LogP contribution < -0.4 is 15.4 Å². The van der Waals surface area contributed by atoms with Crippen molar-refractivity contribution in [1.29, 1.82) is 5.26 Å². The van der Waals surface area contributed by atoms with Gasteiger partial charge in [0.25, 0.3) is 0 Å². The van der Waals surface area contributed by atoms with Crippen LogP contribution in [0.4, 0.5) is 16.0 Å². The van der Waals surface area contributed by atoms with Crippen molar-refractivity contribution in [2.75, 3.05) is 10.6 Å². The Morgan fingerprint density at radius 1 is 1.28 bits per heavy atom. The number of halogens is 1. The first kappa shape index (κ1) is 22.8. The molecule has 0 aliphatic rings. The summed E-state index contributed by atoms with van der Waals surface area (Å²) in [5.74, 6) is 0.503. The van der Waals surface area contributed by atoms with Crippen molar-refractivity contribution < 1.29 is 9.53 Å². The van der Waals surface area contributed by atoms with Gasteiger partial charge in [0.2, 0.25) is 5.91 Å². The lowest BCUT2D eigenvalue weighted by Crippen LogP contribution is -2.07. The Labute approximate surface area is 187 Å². The first-order chi connectivity index (χ1) is 13.4. The van der Waals surface area contributed by atoms with E-state index in [0.29, 0.717) is 27.3 Å². The lowest BCUT2D eigenvalue weighted by molar-refractivity contribution is -0.114. The van der Waals surface area contributed by atoms with Crippen molar-refractivity contribution in [3.05, 3.63) is 34.8 Å². The highest BCUT2D eigenvalue weighted by atomic mass is 79.9. The molecule has 0 atom stereocenters. The van der Waals surface area contributed by atoms with Gasteiger partial charge in [0.05, 0.1) is 39.7 Å². The van der Waals surface area contributed by atoms with Crippen molar-refractivity contribution >= 4 is 61.5 Å². The fourth-order valence-corrected chi connectivity index (χ4v) is 4.20. The van der Waals surface area contributed by atoms with Gasteiger partial charge in [0.15, 0.2) is 10.3 Å². The zero-order valence-corrected chi connectivity index (χ0v) is 19.6. The summed E-state index contributed by atoms with van der Waals surface area (Å²) in [7, 11) is 0. The first-order valence-electron chi connectivity index (χ1n) is 8.54. The van der Waals surface area contributed by atoms with E-state index in [-0.39, 0.29) is 29.0 Å². The van der Waals surface area contributed by atoms with Crippen molar-refractivity contribution in [2.24, 2.45) is 0 Å². The number of aryl methyl sites for hydroxylation is 1. The van der Waals surface area contributed by atoms with Gasteiger partial charge in [0, 0.05) is 12.3 Å². The summed E-state index contributed by atoms with van der Waals surface area (Å²) in [6, 6.07) is 7.38. The van der Waals surface area contributed by atoms with E-state index in [0.717, 1.165) is 16.3 Å². The van der Waals surface area contributed by atoms with Gasteiger partial charge >= 0.3 is 0 Å². The summed E-state index contributed by atoms with van der Waals surface area (Å²) in [5.41, 5.74) is 2.81. The third-order valence-corrected chi connectivity index (χ3v) is 5.38. The minimum atomic E-state index is -0.156. The number of hydrogen-bond acceptors (Lipinski definition) is 8. The zero-order chi connectivity index (χ0) is 20.3. The van der Waals surface area contributed by atoms with E-state index in [1.165, 1.54) is 29.6 Å². The smallest absolute Gasteiger partial charge is 0.223 e. The van der Waals surface area contributed by atoms with Crippen LogP contribution >= 0.6 is 39.7 Å². The van der Waals surface area contributed by atoms with Crippen LogP contribution in [-0.4, -0.2) is 22.0 Å². The van der Waals surface area contributed by atoms with E-state index in [2.05, 4.69) is 26.7 Å². The van der Waals surface area contributed by atoms with E-state index in [1.807, 2.05) is 26.2 Å². The monoisotopic (exact) mass is 493 g/mol. The molecule has 0 unspecified atom stereocenters. The quantitative estimate of drug-likeness (QED) is 0.469. The molecule has 2 aromatic heterocycles. The Kier molecular flexibility index (Phi) is 7.73. The third kappa shape index (κ3) is 5.76. The van der Waals surface area contributed by atoms with E-state index < -0.39 is 0 Å². The average Bonchev–Trinajstić information content (AvgIpc) is 3.21. The summed E-state index contributed by atoms with van der Waals surface area (Å²) >= 11 is 2.83. The Morgan fingerprint density at radius 3 is 2.69 bits per heavy atom. The normalized spacial score (nSPS) is 10.2. The predicted molar refractivity (Wildman–Crippen MR) is 123 cm³/mol. The molecular formula is C19H20BrN5O2S2. The minimum absolute atomic E-state index is 0. The zero-order valence-electron chi connectivity index (χ0n) is 16.3. The Balaban J connectivity index is 0.00000300. The first-order valence-corrected chi connectivity index (χ1v) is 10.2. The lowest BCUT2D eigenvalue weighted by atomic mass is 10.2. The maximum atomic E-state index is 11.2. The number of carbonyl (C=O) groups is 1. The van der Waals surface area contributed by atoms with Crippen LogP contribution in [0.3, 0.4) is 0 Å². The van der Waals surface area contributed by atoms with Gasteiger partial charge in [-0.1, -0.05) is 11.3 Å². The maximum Gasteiger partial charge on any atom is 0.223 e. The van der Waals surface area contributed by atoms with Gasteiger partial charge in [-0.15, -0.1) is 28.3 Å². The van der Waals surface area contributed by atoms with Crippen LogP contribution in [-0.2, 0) is 4.79 Å². The fourth-order valence-electron chi connectivity index (χ4n) is 2.44. The summed E-state index contributed by atoms with van der Waals surface area (Å²) < 4.78 is 5.82. The van der Waals surface area contributed by atoms with Crippen molar-refractivity contribution in [2.45, 2.75) is 33.8 Å². The van der Waals surface area contributed by atoms with Crippen molar-refractivity contribution in [3.8, 4) is 22.4 Å². The highest BCUT2D eigenvalue weighted by molar-refractivity contribution is 8.93. The van der Waals surface area contributed by atoms with Gasteiger partial charge < -0.3 is 15.4 Å². The molecule has 1 aromatic carbocycles. The molecule has 0 saturated carbocycles. The molecule has 0 aliphatic heterocycles. The number of nitriles is 1. The molecule has 7 nitrogen and oxygen atoms in total. The number of ether oxygens (including phenoxy) is 1. The van der Waals surface area contributed by atoms with Crippen LogP contribution in [0.5, 0.6) is 5.75 Å². The molecule has 1 amide bonds. The Bertz CT molecular complexity index is 1060. The second kappa shape index (κ2) is 9.82. The highest BCUT2D eigenvalue weighted by Crippen LogP contribution is 2.36. The SMILES string of the molecule is Br.CC(=O)Nc1nc(C)c(-c2csc(Nc3cc(C#N)ccc3OC(C)C)n2)s1. The molecule has 2 heterocycles. The third-order valence-electron chi connectivity index (χ3n) is 3.53. The Hall–Kier alpha value is -2.48. The number of nitrogens with one attached hydrogen (secondary N) is 2. The molecule has 0 bridgehead atoms. The second-order valence-corrected chi connectivity index (χ2v) is 8.12. The van der Waals surface area contributed by atoms with E-state index in [9.17, 15) is 10.1 Å². The summed E-state index contributed by atoms with van der Waals surface area (Å²) in [6.45, 7) is 7.23. The van der Waals surface area contributed by atoms with E-state index in [1.54, 1.807) is 18.2 Å². The highest BCUT2D eigenvalue weighted by Gasteiger charge is 2.15. The largest absolute Gasteiger partial charge is 0.489 e. The van der Waals surface area contributed by atoms with Crippen molar-refractivity contribution in [3.63, 3.8) is 0 Å². The fraction of sp³-hybridized carbons (Fsp3) is 0.263.